The van der Waals surface area contributed by atoms with Crippen molar-refractivity contribution in [3.8, 4) is 11.3 Å². The van der Waals surface area contributed by atoms with Crippen LogP contribution in [0, 0.1) is 12.8 Å². The van der Waals surface area contributed by atoms with Gasteiger partial charge in [0, 0.05) is 11.3 Å². The van der Waals surface area contributed by atoms with E-state index in [4.69, 9.17) is 15.5 Å². The van der Waals surface area contributed by atoms with Crippen LogP contribution in [0.2, 0.25) is 0 Å². The SMILES string of the molecule is COC1=CC(C)Cc2ccc(-c3ccc(N)c(C)c3)nc21. The Morgan fingerprint density at radius 1 is 1.24 bits per heavy atom. The van der Waals surface area contributed by atoms with Gasteiger partial charge in [-0.15, -0.1) is 0 Å². The van der Waals surface area contributed by atoms with Gasteiger partial charge < -0.3 is 10.5 Å². The third-order valence-electron chi connectivity index (χ3n) is 3.98. The summed E-state index contributed by atoms with van der Waals surface area (Å²) in [6.07, 6.45) is 3.16. The van der Waals surface area contributed by atoms with Gasteiger partial charge in [-0.25, -0.2) is 4.98 Å². The van der Waals surface area contributed by atoms with E-state index >= 15 is 0 Å². The Morgan fingerprint density at radius 2 is 2.05 bits per heavy atom. The van der Waals surface area contributed by atoms with Crippen LogP contribution >= 0.6 is 0 Å². The molecule has 0 saturated carbocycles. The lowest BCUT2D eigenvalue weighted by Crippen LogP contribution is -2.10. The quantitative estimate of drug-likeness (QED) is 0.851. The molecule has 1 aliphatic rings. The minimum absolute atomic E-state index is 0.485. The molecule has 0 fully saturated rings. The molecule has 0 bridgehead atoms. The van der Waals surface area contributed by atoms with Crippen LogP contribution in [0.4, 0.5) is 5.69 Å². The second-order valence-corrected chi connectivity index (χ2v) is 5.69. The molecular weight excluding hydrogens is 260 g/mol. The van der Waals surface area contributed by atoms with Crippen molar-refractivity contribution in [1.29, 1.82) is 0 Å². The zero-order valence-electron chi connectivity index (χ0n) is 12.7. The van der Waals surface area contributed by atoms with Gasteiger partial charge in [0.25, 0.3) is 0 Å². The molecule has 108 valence electrons. The molecule has 1 atom stereocenters. The van der Waals surface area contributed by atoms with Crippen LogP contribution in [0.1, 0.15) is 23.7 Å². The Hall–Kier alpha value is -2.29. The number of hydrogen-bond acceptors (Lipinski definition) is 3. The van der Waals surface area contributed by atoms with Crippen LogP contribution in [0.5, 0.6) is 0 Å². The number of methoxy groups -OCH3 is 1. The molecule has 3 rings (SSSR count). The highest BCUT2D eigenvalue weighted by Gasteiger charge is 2.19. The number of rotatable bonds is 2. The maximum Gasteiger partial charge on any atom is 0.141 e. The predicted octanol–water partition coefficient (Wildman–Crippen LogP) is 3.82. The van der Waals surface area contributed by atoms with Crippen molar-refractivity contribution in [2.24, 2.45) is 5.92 Å². The van der Waals surface area contributed by atoms with Crippen molar-refractivity contribution in [3.05, 3.63) is 53.2 Å². The van der Waals surface area contributed by atoms with Crippen molar-refractivity contribution in [3.63, 3.8) is 0 Å². The second-order valence-electron chi connectivity index (χ2n) is 5.69. The average Bonchev–Trinajstić information content (AvgIpc) is 2.48. The Morgan fingerprint density at radius 3 is 2.76 bits per heavy atom. The molecule has 21 heavy (non-hydrogen) atoms. The third kappa shape index (κ3) is 2.51. The summed E-state index contributed by atoms with van der Waals surface area (Å²) in [6.45, 7) is 4.21. The first-order valence-electron chi connectivity index (χ1n) is 7.21. The monoisotopic (exact) mass is 280 g/mol. The van der Waals surface area contributed by atoms with E-state index in [9.17, 15) is 0 Å². The van der Waals surface area contributed by atoms with E-state index in [0.717, 1.165) is 40.4 Å². The summed E-state index contributed by atoms with van der Waals surface area (Å²) in [6, 6.07) is 10.3. The normalized spacial score (nSPS) is 17.1. The minimum atomic E-state index is 0.485. The van der Waals surface area contributed by atoms with Gasteiger partial charge in [0.2, 0.25) is 0 Å². The number of ether oxygens (including phenoxy) is 1. The standard InChI is InChI=1S/C18H20N2O/c1-11-8-14-5-7-16(20-18(14)17(9-11)21-3)13-4-6-15(19)12(2)10-13/h4-7,9-11H,8,19H2,1-3H3. The Balaban J connectivity index is 2.08. The molecule has 3 heteroatoms. The summed E-state index contributed by atoms with van der Waals surface area (Å²) in [5.41, 5.74) is 12.0. The van der Waals surface area contributed by atoms with Gasteiger partial charge in [0.05, 0.1) is 12.8 Å². The molecule has 1 heterocycles. The molecule has 1 aliphatic carbocycles. The van der Waals surface area contributed by atoms with Crippen molar-refractivity contribution >= 4 is 11.4 Å². The second kappa shape index (κ2) is 5.24. The van der Waals surface area contributed by atoms with Gasteiger partial charge in [0.1, 0.15) is 11.5 Å². The summed E-state index contributed by atoms with van der Waals surface area (Å²) in [7, 11) is 1.70. The van der Waals surface area contributed by atoms with Gasteiger partial charge in [-0.1, -0.05) is 19.1 Å². The first-order chi connectivity index (χ1) is 10.1. The molecular formula is C18H20N2O. The van der Waals surface area contributed by atoms with Gasteiger partial charge >= 0.3 is 0 Å². The van der Waals surface area contributed by atoms with E-state index in [1.807, 2.05) is 19.1 Å². The molecule has 1 aromatic carbocycles. The number of allylic oxidation sites excluding steroid dienone is 1. The van der Waals surface area contributed by atoms with Crippen molar-refractivity contribution in [2.75, 3.05) is 12.8 Å². The number of nitrogens with zero attached hydrogens (tertiary/aromatic N) is 1. The lowest BCUT2D eigenvalue weighted by atomic mass is 9.92. The first-order valence-corrected chi connectivity index (χ1v) is 7.21. The zero-order chi connectivity index (χ0) is 15.0. The molecule has 0 saturated heterocycles. The van der Waals surface area contributed by atoms with Crippen molar-refractivity contribution in [2.45, 2.75) is 20.3 Å². The van der Waals surface area contributed by atoms with Crippen LogP contribution < -0.4 is 5.73 Å². The molecule has 0 radical (unpaired) electrons. The van der Waals surface area contributed by atoms with Gasteiger partial charge in [-0.3, -0.25) is 0 Å². The Kier molecular flexibility index (Phi) is 3.42. The average molecular weight is 280 g/mol. The van der Waals surface area contributed by atoms with E-state index < -0.39 is 0 Å². The van der Waals surface area contributed by atoms with E-state index in [0.29, 0.717) is 5.92 Å². The molecule has 2 aromatic rings. The largest absolute Gasteiger partial charge is 0.495 e. The lowest BCUT2D eigenvalue weighted by molar-refractivity contribution is 0.361. The fourth-order valence-corrected chi connectivity index (χ4v) is 2.77. The first kappa shape index (κ1) is 13.7. The van der Waals surface area contributed by atoms with Gasteiger partial charge in [-0.2, -0.15) is 0 Å². The number of nitrogens with two attached hydrogens (primary N) is 1. The van der Waals surface area contributed by atoms with Crippen LogP contribution in [0.25, 0.3) is 17.0 Å². The van der Waals surface area contributed by atoms with Crippen LogP contribution in [0.3, 0.4) is 0 Å². The highest BCUT2D eigenvalue weighted by molar-refractivity contribution is 5.69. The number of nitrogen functional groups attached to an aromatic ring is 1. The molecule has 0 aliphatic heterocycles. The van der Waals surface area contributed by atoms with Crippen LogP contribution in [-0.2, 0) is 11.2 Å². The predicted molar refractivity (Wildman–Crippen MR) is 86.7 cm³/mol. The molecule has 3 nitrogen and oxygen atoms in total. The van der Waals surface area contributed by atoms with Crippen molar-refractivity contribution < 1.29 is 4.74 Å². The smallest absolute Gasteiger partial charge is 0.141 e. The maximum absolute atomic E-state index is 5.89. The van der Waals surface area contributed by atoms with Crippen LogP contribution in [0.15, 0.2) is 36.4 Å². The minimum Gasteiger partial charge on any atom is -0.495 e. The molecule has 2 N–H and O–H groups in total. The highest BCUT2D eigenvalue weighted by Crippen LogP contribution is 2.31. The fourth-order valence-electron chi connectivity index (χ4n) is 2.77. The lowest BCUT2D eigenvalue weighted by Gasteiger charge is -2.20. The number of fused-ring (bicyclic) bond motifs is 1. The fraction of sp³-hybridized carbons (Fsp3) is 0.278. The molecule has 0 spiro atoms. The molecule has 1 aromatic heterocycles. The van der Waals surface area contributed by atoms with E-state index in [-0.39, 0.29) is 0 Å². The molecule has 1 unspecified atom stereocenters. The van der Waals surface area contributed by atoms with E-state index in [1.165, 1.54) is 5.56 Å². The number of pyridine rings is 1. The maximum atomic E-state index is 5.89. The van der Waals surface area contributed by atoms with E-state index in [1.54, 1.807) is 7.11 Å². The summed E-state index contributed by atoms with van der Waals surface area (Å²) >= 11 is 0. The highest BCUT2D eigenvalue weighted by atomic mass is 16.5. The van der Waals surface area contributed by atoms with Crippen LogP contribution in [-0.4, -0.2) is 12.1 Å². The van der Waals surface area contributed by atoms with Gasteiger partial charge in [0.15, 0.2) is 0 Å². The number of aryl methyl sites for hydroxylation is 1. The topological polar surface area (TPSA) is 48.1 Å². The molecule has 0 amide bonds. The number of aromatic nitrogens is 1. The zero-order valence-corrected chi connectivity index (χ0v) is 12.7. The number of anilines is 1. The summed E-state index contributed by atoms with van der Waals surface area (Å²) in [4.78, 5) is 4.81. The summed E-state index contributed by atoms with van der Waals surface area (Å²) < 4.78 is 5.50. The van der Waals surface area contributed by atoms with Gasteiger partial charge in [-0.05, 0) is 54.7 Å². The number of benzene rings is 1. The Bertz CT molecular complexity index is 719. The Labute approximate surface area is 125 Å². The number of hydrogen-bond donors (Lipinski definition) is 1. The summed E-state index contributed by atoms with van der Waals surface area (Å²) in [5.74, 6) is 1.36. The third-order valence-corrected chi connectivity index (χ3v) is 3.98. The van der Waals surface area contributed by atoms with E-state index in [2.05, 4.69) is 31.2 Å². The summed E-state index contributed by atoms with van der Waals surface area (Å²) in [5, 5.41) is 0. The van der Waals surface area contributed by atoms with Crippen molar-refractivity contribution in [1.82, 2.24) is 4.98 Å².